The van der Waals surface area contributed by atoms with Crippen LogP contribution < -0.4 is 14.4 Å². The lowest BCUT2D eigenvalue weighted by molar-refractivity contribution is -0.136. The third-order valence-corrected chi connectivity index (χ3v) is 6.11. The lowest BCUT2D eigenvalue weighted by Crippen LogP contribution is -2.37. The molecule has 30 heavy (non-hydrogen) atoms. The maximum Gasteiger partial charge on any atom is 0.228 e. The Kier molecular flexibility index (Phi) is 5.66. The summed E-state index contributed by atoms with van der Waals surface area (Å²) in [5, 5.41) is 0. The van der Waals surface area contributed by atoms with Gasteiger partial charge >= 0.3 is 0 Å². The number of amides is 2. The summed E-state index contributed by atoms with van der Waals surface area (Å²) in [6.07, 6.45) is 2.12. The monoisotopic (exact) mass is 408 g/mol. The molecule has 2 heterocycles. The third kappa shape index (κ3) is 3.74. The fourth-order valence-electron chi connectivity index (χ4n) is 4.58. The van der Waals surface area contributed by atoms with Gasteiger partial charge in [-0.3, -0.25) is 9.59 Å². The van der Waals surface area contributed by atoms with E-state index in [9.17, 15) is 9.59 Å². The summed E-state index contributed by atoms with van der Waals surface area (Å²) in [7, 11) is 3.25. The van der Waals surface area contributed by atoms with E-state index in [0.717, 1.165) is 42.0 Å². The molecule has 158 valence electrons. The number of carbonyl (C=O) groups excluding carboxylic acids is 2. The maximum atomic E-state index is 13.4. The first-order valence-corrected chi connectivity index (χ1v) is 10.4. The van der Waals surface area contributed by atoms with Crippen LogP contribution >= 0.6 is 0 Å². The molecular weight excluding hydrogens is 380 g/mol. The topological polar surface area (TPSA) is 59.1 Å². The largest absolute Gasteiger partial charge is 0.497 e. The molecule has 2 aromatic carbocycles. The van der Waals surface area contributed by atoms with Crippen molar-refractivity contribution in [3.8, 4) is 11.5 Å². The second kappa shape index (κ2) is 8.38. The van der Waals surface area contributed by atoms with E-state index in [-0.39, 0.29) is 30.2 Å². The number of nitrogens with zero attached hydrogens (tertiary/aromatic N) is 2. The van der Waals surface area contributed by atoms with Crippen LogP contribution in [0.2, 0.25) is 0 Å². The number of hydrogen-bond donors (Lipinski definition) is 0. The summed E-state index contributed by atoms with van der Waals surface area (Å²) in [5.74, 6) is 1.13. The van der Waals surface area contributed by atoms with E-state index < -0.39 is 0 Å². The van der Waals surface area contributed by atoms with Crippen LogP contribution in [0.5, 0.6) is 11.5 Å². The van der Waals surface area contributed by atoms with Crippen molar-refractivity contribution in [1.82, 2.24) is 4.90 Å². The Morgan fingerprint density at radius 3 is 2.70 bits per heavy atom. The van der Waals surface area contributed by atoms with E-state index in [1.54, 1.807) is 19.1 Å². The average Bonchev–Trinajstić information content (AvgIpc) is 3.40. The molecular formula is C24H28N2O4. The van der Waals surface area contributed by atoms with Crippen LogP contribution in [0.15, 0.2) is 42.5 Å². The van der Waals surface area contributed by atoms with Gasteiger partial charge in [0.2, 0.25) is 11.8 Å². The SMILES string of the molecule is COc1cccc(C2CCCN2C(=O)C2CC(=O)N(c3cc(C)ccc3OC)C2)c1. The van der Waals surface area contributed by atoms with Crippen LogP contribution in [0.4, 0.5) is 5.69 Å². The normalized spacial score (nSPS) is 21.2. The number of likely N-dealkylation sites (tertiary alicyclic amines) is 1. The Labute approximate surface area is 177 Å². The number of aryl methyl sites for hydroxylation is 1. The van der Waals surface area contributed by atoms with Crippen molar-refractivity contribution in [3.63, 3.8) is 0 Å². The number of carbonyl (C=O) groups is 2. The number of methoxy groups -OCH3 is 2. The smallest absolute Gasteiger partial charge is 0.228 e. The Bertz CT molecular complexity index is 958. The predicted molar refractivity (Wildman–Crippen MR) is 115 cm³/mol. The Hall–Kier alpha value is -3.02. The summed E-state index contributed by atoms with van der Waals surface area (Å²) < 4.78 is 10.8. The predicted octanol–water partition coefficient (Wildman–Crippen LogP) is 3.73. The molecule has 0 radical (unpaired) electrons. The minimum atomic E-state index is -0.339. The molecule has 6 nitrogen and oxygen atoms in total. The van der Waals surface area contributed by atoms with Crippen LogP contribution in [0.3, 0.4) is 0 Å². The third-order valence-electron chi connectivity index (χ3n) is 6.11. The second-order valence-electron chi connectivity index (χ2n) is 8.05. The van der Waals surface area contributed by atoms with Gasteiger partial charge in [-0.15, -0.1) is 0 Å². The minimum Gasteiger partial charge on any atom is -0.497 e. The zero-order valence-corrected chi connectivity index (χ0v) is 17.8. The molecule has 2 saturated heterocycles. The van der Waals surface area contributed by atoms with Gasteiger partial charge in [-0.05, 0) is 55.2 Å². The molecule has 2 fully saturated rings. The summed E-state index contributed by atoms with van der Waals surface area (Å²) in [6, 6.07) is 13.7. The molecule has 2 atom stereocenters. The van der Waals surface area contributed by atoms with E-state index in [1.165, 1.54) is 0 Å². The van der Waals surface area contributed by atoms with Crippen molar-refractivity contribution in [3.05, 3.63) is 53.6 Å². The van der Waals surface area contributed by atoms with Gasteiger partial charge in [-0.1, -0.05) is 18.2 Å². The van der Waals surface area contributed by atoms with Gasteiger partial charge in [0.05, 0.1) is 31.9 Å². The highest BCUT2D eigenvalue weighted by atomic mass is 16.5. The van der Waals surface area contributed by atoms with Crippen LogP contribution in [0.25, 0.3) is 0 Å². The number of hydrogen-bond acceptors (Lipinski definition) is 4. The van der Waals surface area contributed by atoms with Crippen LogP contribution in [-0.4, -0.2) is 44.0 Å². The lowest BCUT2D eigenvalue weighted by atomic mass is 10.0. The van der Waals surface area contributed by atoms with Crippen LogP contribution in [-0.2, 0) is 9.59 Å². The highest BCUT2D eigenvalue weighted by Gasteiger charge is 2.41. The van der Waals surface area contributed by atoms with Crippen molar-refractivity contribution in [2.24, 2.45) is 5.92 Å². The van der Waals surface area contributed by atoms with Gasteiger partial charge in [0.1, 0.15) is 11.5 Å². The van der Waals surface area contributed by atoms with Crippen molar-refractivity contribution < 1.29 is 19.1 Å². The van der Waals surface area contributed by atoms with Gasteiger partial charge in [0, 0.05) is 19.5 Å². The molecule has 0 spiro atoms. The van der Waals surface area contributed by atoms with Gasteiger partial charge in [0.15, 0.2) is 0 Å². The van der Waals surface area contributed by atoms with Crippen molar-refractivity contribution >= 4 is 17.5 Å². The van der Waals surface area contributed by atoms with Crippen molar-refractivity contribution in [1.29, 1.82) is 0 Å². The summed E-state index contributed by atoms with van der Waals surface area (Å²) in [5.41, 5.74) is 2.87. The Morgan fingerprint density at radius 2 is 1.93 bits per heavy atom. The fourth-order valence-corrected chi connectivity index (χ4v) is 4.58. The standard InChI is InChI=1S/C24H28N2O4/c1-16-9-10-22(30-3)21(12-16)26-15-18(14-23(26)27)24(28)25-11-5-8-20(25)17-6-4-7-19(13-17)29-2/h4,6-7,9-10,12-13,18,20H,5,8,11,14-15H2,1-3H3. The summed E-state index contributed by atoms with van der Waals surface area (Å²) in [6.45, 7) is 3.09. The van der Waals surface area contributed by atoms with Gasteiger partial charge < -0.3 is 19.3 Å². The Balaban J connectivity index is 1.54. The molecule has 0 bridgehead atoms. The fraction of sp³-hybridized carbons (Fsp3) is 0.417. The van der Waals surface area contributed by atoms with Gasteiger partial charge in [0.25, 0.3) is 0 Å². The lowest BCUT2D eigenvalue weighted by Gasteiger charge is -2.28. The number of rotatable bonds is 5. The summed E-state index contributed by atoms with van der Waals surface area (Å²) >= 11 is 0. The van der Waals surface area contributed by atoms with E-state index in [0.29, 0.717) is 12.3 Å². The molecule has 0 N–H and O–H groups in total. The first-order chi connectivity index (χ1) is 14.5. The van der Waals surface area contributed by atoms with E-state index >= 15 is 0 Å². The quantitative estimate of drug-likeness (QED) is 0.756. The zero-order valence-electron chi connectivity index (χ0n) is 17.8. The zero-order chi connectivity index (χ0) is 21.3. The first kappa shape index (κ1) is 20.3. The van der Waals surface area contributed by atoms with E-state index in [4.69, 9.17) is 9.47 Å². The molecule has 2 aromatic rings. The van der Waals surface area contributed by atoms with Crippen LogP contribution in [0, 0.1) is 12.8 Å². The highest BCUT2D eigenvalue weighted by molar-refractivity contribution is 6.01. The molecule has 0 aromatic heterocycles. The molecule has 2 aliphatic heterocycles. The molecule has 2 amide bonds. The molecule has 0 aliphatic carbocycles. The number of anilines is 1. The van der Waals surface area contributed by atoms with Crippen LogP contribution in [0.1, 0.15) is 36.4 Å². The maximum absolute atomic E-state index is 13.4. The van der Waals surface area contributed by atoms with Crippen molar-refractivity contribution in [2.75, 3.05) is 32.2 Å². The summed E-state index contributed by atoms with van der Waals surface area (Å²) in [4.78, 5) is 29.9. The molecule has 2 unspecified atom stereocenters. The second-order valence-corrected chi connectivity index (χ2v) is 8.05. The highest BCUT2D eigenvalue weighted by Crippen LogP contribution is 2.38. The minimum absolute atomic E-state index is 0.0326. The average molecular weight is 408 g/mol. The number of benzene rings is 2. The van der Waals surface area contributed by atoms with E-state index in [2.05, 4.69) is 0 Å². The number of ether oxygens (including phenoxy) is 2. The molecule has 0 saturated carbocycles. The van der Waals surface area contributed by atoms with E-state index in [1.807, 2.05) is 54.3 Å². The first-order valence-electron chi connectivity index (χ1n) is 10.4. The molecule has 2 aliphatic rings. The van der Waals surface area contributed by atoms with Gasteiger partial charge in [-0.25, -0.2) is 0 Å². The van der Waals surface area contributed by atoms with Crippen molar-refractivity contribution in [2.45, 2.75) is 32.2 Å². The van der Waals surface area contributed by atoms with Gasteiger partial charge in [-0.2, -0.15) is 0 Å². The Morgan fingerprint density at radius 1 is 1.10 bits per heavy atom. The molecule has 6 heteroatoms. The molecule has 4 rings (SSSR count).